The summed E-state index contributed by atoms with van der Waals surface area (Å²) in [7, 11) is 0. The number of carbonyl (C=O) groups excluding carboxylic acids is 2. The molecule has 1 aromatic carbocycles. The molecule has 1 fully saturated rings. The van der Waals surface area contributed by atoms with Crippen molar-refractivity contribution in [2.45, 2.75) is 51.7 Å². The summed E-state index contributed by atoms with van der Waals surface area (Å²) in [5.41, 5.74) is 0.868. The lowest BCUT2D eigenvalue weighted by Crippen LogP contribution is -2.52. The Kier molecular flexibility index (Phi) is 5.71. The molecule has 3 amide bonds. The van der Waals surface area contributed by atoms with Crippen LogP contribution in [0.15, 0.2) is 29.1 Å². The van der Waals surface area contributed by atoms with Crippen LogP contribution in [0.2, 0.25) is 5.02 Å². The largest absolute Gasteiger partial charge is 0.345 e. The fourth-order valence-electron chi connectivity index (χ4n) is 3.89. The first-order chi connectivity index (χ1) is 14.0. The fourth-order valence-corrected chi connectivity index (χ4v) is 4.01. The zero-order valence-electron chi connectivity index (χ0n) is 16.2. The summed E-state index contributed by atoms with van der Waals surface area (Å²) in [5.74, 6) is 0.666. The summed E-state index contributed by atoms with van der Waals surface area (Å²) < 4.78 is 3.19. The maximum absolute atomic E-state index is 12.8. The van der Waals surface area contributed by atoms with Gasteiger partial charge in [0.1, 0.15) is 5.82 Å². The minimum Gasteiger partial charge on any atom is -0.319 e. The number of fused-ring (bicyclic) bond motifs is 1. The zero-order valence-corrected chi connectivity index (χ0v) is 17.0. The number of urea groups is 1. The summed E-state index contributed by atoms with van der Waals surface area (Å²) in [6, 6.07) is 7.05. The van der Waals surface area contributed by atoms with E-state index in [4.69, 9.17) is 11.6 Å². The minimum absolute atomic E-state index is 0.0969. The van der Waals surface area contributed by atoms with E-state index in [1.54, 1.807) is 21.6 Å². The molecule has 29 heavy (non-hydrogen) atoms. The van der Waals surface area contributed by atoms with Gasteiger partial charge in [-0.1, -0.05) is 23.7 Å². The molecule has 9 heteroatoms. The molecule has 0 saturated carbocycles. The maximum atomic E-state index is 12.8. The van der Waals surface area contributed by atoms with E-state index in [2.05, 4.69) is 5.10 Å². The number of rotatable bonds is 6. The average Bonchev–Trinajstić information content (AvgIpc) is 3.04. The Morgan fingerprint density at radius 3 is 2.52 bits per heavy atom. The highest BCUT2D eigenvalue weighted by Crippen LogP contribution is 2.17. The second-order valence-electron chi connectivity index (χ2n) is 7.51. The quantitative estimate of drug-likeness (QED) is 0.722. The highest BCUT2D eigenvalue weighted by molar-refractivity contribution is 6.30. The van der Waals surface area contributed by atoms with Crippen LogP contribution in [-0.2, 0) is 30.8 Å². The Morgan fingerprint density at radius 2 is 1.76 bits per heavy atom. The fraction of sp³-hybridized carbons (Fsp3) is 0.500. The molecule has 0 aliphatic carbocycles. The van der Waals surface area contributed by atoms with E-state index in [0.29, 0.717) is 37.5 Å². The monoisotopic (exact) mass is 417 g/mol. The SMILES string of the molecule is O=C1CCN(Cc2ccc(Cl)cc2)C(=O)N1CCCn1nc2n(c1=O)CCCC2. The van der Waals surface area contributed by atoms with E-state index in [-0.39, 0.29) is 24.2 Å². The molecular formula is C20H24ClN5O3. The summed E-state index contributed by atoms with van der Waals surface area (Å²) in [6.07, 6.45) is 3.68. The van der Waals surface area contributed by atoms with E-state index in [1.807, 2.05) is 12.1 Å². The molecule has 2 aliphatic heterocycles. The lowest BCUT2D eigenvalue weighted by atomic mass is 10.2. The van der Waals surface area contributed by atoms with Crippen molar-refractivity contribution in [3.63, 3.8) is 0 Å². The van der Waals surface area contributed by atoms with E-state index in [9.17, 15) is 14.4 Å². The van der Waals surface area contributed by atoms with E-state index in [0.717, 1.165) is 37.2 Å². The van der Waals surface area contributed by atoms with Crippen LogP contribution in [0, 0.1) is 0 Å². The van der Waals surface area contributed by atoms with Crippen molar-refractivity contribution in [3.8, 4) is 0 Å². The molecule has 2 aliphatic rings. The van der Waals surface area contributed by atoms with Gasteiger partial charge >= 0.3 is 11.7 Å². The molecule has 0 unspecified atom stereocenters. The third-order valence-electron chi connectivity index (χ3n) is 5.47. The van der Waals surface area contributed by atoms with Gasteiger partial charge in [-0.3, -0.25) is 14.3 Å². The second-order valence-corrected chi connectivity index (χ2v) is 7.95. The number of halogens is 1. The lowest BCUT2D eigenvalue weighted by Gasteiger charge is -2.34. The highest BCUT2D eigenvalue weighted by atomic mass is 35.5. The number of nitrogens with zero attached hydrogens (tertiary/aromatic N) is 5. The van der Waals surface area contributed by atoms with Crippen molar-refractivity contribution in [1.29, 1.82) is 0 Å². The first kappa shape index (κ1) is 19.7. The third-order valence-corrected chi connectivity index (χ3v) is 5.72. The van der Waals surface area contributed by atoms with Crippen molar-refractivity contribution in [1.82, 2.24) is 24.1 Å². The van der Waals surface area contributed by atoms with Crippen LogP contribution in [0.4, 0.5) is 4.79 Å². The number of aromatic nitrogens is 3. The number of benzene rings is 1. The van der Waals surface area contributed by atoms with Gasteiger partial charge in [-0.05, 0) is 37.0 Å². The van der Waals surface area contributed by atoms with Crippen molar-refractivity contribution < 1.29 is 9.59 Å². The third kappa shape index (κ3) is 4.22. The summed E-state index contributed by atoms with van der Waals surface area (Å²) >= 11 is 5.91. The van der Waals surface area contributed by atoms with E-state index >= 15 is 0 Å². The molecular weight excluding hydrogens is 394 g/mol. The second kappa shape index (κ2) is 8.41. The smallest absolute Gasteiger partial charge is 0.319 e. The number of imide groups is 1. The van der Waals surface area contributed by atoms with Gasteiger partial charge in [0.15, 0.2) is 0 Å². The van der Waals surface area contributed by atoms with Crippen molar-refractivity contribution in [2.24, 2.45) is 0 Å². The van der Waals surface area contributed by atoms with E-state index in [1.165, 1.54) is 9.58 Å². The first-order valence-electron chi connectivity index (χ1n) is 10.0. The molecule has 0 atom stereocenters. The van der Waals surface area contributed by atoms with Crippen LogP contribution in [0.25, 0.3) is 0 Å². The topological polar surface area (TPSA) is 80.4 Å². The lowest BCUT2D eigenvalue weighted by molar-refractivity contribution is -0.131. The van der Waals surface area contributed by atoms with Gasteiger partial charge in [-0.2, -0.15) is 5.10 Å². The molecule has 1 saturated heterocycles. The summed E-state index contributed by atoms with van der Waals surface area (Å²) in [4.78, 5) is 40.4. The van der Waals surface area contributed by atoms with Gasteiger partial charge in [-0.15, -0.1) is 0 Å². The van der Waals surface area contributed by atoms with Crippen molar-refractivity contribution >= 4 is 23.5 Å². The Labute approximate surface area is 173 Å². The Hall–Kier alpha value is -2.61. The van der Waals surface area contributed by atoms with Gasteiger partial charge in [0.25, 0.3) is 0 Å². The molecule has 3 heterocycles. The first-order valence-corrected chi connectivity index (χ1v) is 10.4. The molecule has 1 aromatic heterocycles. The Balaban J connectivity index is 1.36. The van der Waals surface area contributed by atoms with Crippen LogP contribution in [0.3, 0.4) is 0 Å². The van der Waals surface area contributed by atoms with Gasteiger partial charge in [0.2, 0.25) is 5.91 Å². The normalized spacial score (nSPS) is 17.0. The predicted octanol–water partition coefficient (Wildman–Crippen LogP) is 2.28. The number of hydrogen-bond donors (Lipinski definition) is 0. The highest BCUT2D eigenvalue weighted by Gasteiger charge is 2.31. The van der Waals surface area contributed by atoms with Crippen LogP contribution in [-0.4, -0.2) is 49.2 Å². The predicted molar refractivity (Wildman–Crippen MR) is 108 cm³/mol. The maximum Gasteiger partial charge on any atom is 0.345 e. The molecule has 154 valence electrons. The summed E-state index contributed by atoms with van der Waals surface area (Å²) in [6.45, 7) is 2.24. The average molecular weight is 418 g/mol. The number of amides is 3. The van der Waals surface area contributed by atoms with Crippen LogP contribution in [0.1, 0.15) is 37.1 Å². The molecule has 0 radical (unpaired) electrons. The number of aryl methyl sites for hydroxylation is 2. The van der Waals surface area contributed by atoms with Crippen molar-refractivity contribution in [2.75, 3.05) is 13.1 Å². The minimum atomic E-state index is -0.285. The van der Waals surface area contributed by atoms with Crippen LogP contribution >= 0.6 is 11.6 Å². The number of carbonyl (C=O) groups is 2. The molecule has 0 spiro atoms. The molecule has 2 aromatic rings. The van der Waals surface area contributed by atoms with Crippen LogP contribution in [0.5, 0.6) is 0 Å². The Bertz CT molecular complexity index is 965. The standard InChI is InChI=1S/C20H24ClN5O3/c21-16-7-5-15(6-8-16)14-23-13-9-18(27)25(19(23)28)11-3-12-26-20(29)24-10-2-1-4-17(24)22-26/h5-8H,1-4,9-14H2. The van der Waals surface area contributed by atoms with Gasteiger partial charge in [-0.25, -0.2) is 14.3 Å². The summed E-state index contributed by atoms with van der Waals surface area (Å²) in [5, 5.41) is 5.05. The molecule has 0 N–H and O–H groups in total. The Morgan fingerprint density at radius 1 is 0.966 bits per heavy atom. The van der Waals surface area contributed by atoms with E-state index < -0.39 is 0 Å². The van der Waals surface area contributed by atoms with Crippen molar-refractivity contribution in [3.05, 3.63) is 51.2 Å². The molecule has 8 nitrogen and oxygen atoms in total. The van der Waals surface area contributed by atoms with Gasteiger partial charge in [0, 0.05) is 50.6 Å². The van der Waals surface area contributed by atoms with Crippen LogP contribution < -0.4 is 5.69 Å². The van der Waals surface area contributed by atoms with Gasteiger partial charge in [0.05, 0.1) is 0 Å². The molecule has 0 bridgehead atoms. The number of hydrogen-bond acceptors (Lipinski definition) is 4. The van der Waals surface area contributed by atoms with Gasteiger partial charge < -0.3 is 4.90 Å². The molecule has 4 rings (SSSR count). The zero-order chi connectivity index (χ0) is 20.4.